The molecular weight excluding hydrogens is 388 g/mol. The van der Waals surface area contributed by atoms with Crippen LogP contribution in [-0.4, -0.2) is 20.0 Å². The van der Waals surface area contributed by atoms with E-state index >= 15 is 0 Å². The van der Waals surface area contributed by atoms with E-state index in [1.165, 1.54) is 5.56 Å². The molecule has 6 nitrogen and oxygen atoms in total. The van der Waals surface area contributed by atoms with Crippen LogP contribution in [0.15, 0.2) is 71.9 Å². The molecule has 0 atom stereocenters. The van der Waals surface area contributed by atoms with Gasteiger partial charge in [0.15, 0.2) is 0 Å². The van der Waals surface area contributed by atoms with Gasteiger partial charge in [-0.1, -0.05) is 56.3 Å². The molecule has 2 aromatic heterocycles. The smallest absolute Gasteiger partial charge is 0.277 e. The van der Waals surface area contributed by atoms with Crippen LogP contribution in [0.3, 0.4) is 0 Å². The molecule has 0 saturated carbocycles. The molecule has 0 aliphatic rings. The molecule has 158 valence electrons. The van der Waals surface area contributed by atoms with Crippen LogP contribution in [0, 0.1) is 0 Å². The Balaban J connectivity index is 1.69. The van der Waals surface area contributed by atoms with Crippen LogP contribution in [-0.2, 0) is 17.9 Å². The molecular formula is C25H26N4O2. The molecule has 6 heteroatoms. The van der Waals surface area contributed by atoms with E-state index < -0.39 is 0 Å². The zero-order valence-electron chi connectivity index (χ0n) is 18.0. The zero-order valence-corrected chi connectivity index (χ0v) is 18.0. The molecule has 0 spiro atoms. The lowest BCUT2D eigenvalue weighted by atomic mass is 10.0. The molecule has 1 amide bonds. The van der Waals surface area contributed by atoms with Crippen LogP contribution < -0.4 is 10.9 Å². The predicted molar refractivity (Wildman–Crippen MR) is 124 cm³/mol. The third-order valence-electron chi connectivity index (χ3n) is 5.44. The molecule has 0 unspecified atom stereocenters. The van der Waals surface area contributed by atoms with Crippen molar-refractivity contribution in [2.45, 2.75) is 39.8 Å². The minimum atomic E-state index is -0.194. The summed E-state index contributed by atoms with van der Waals surface area (Å²) in [5, 5.41) is 2.93. The first-order valence-corrected chi connectivity index (χ1v) is 10.5. The number of anilines is 1. The van der Waals surface area contributed by atoms with E-state index in [4.69, 9.17) is 0 Å². The highest BCUT2D eigenvalue weighted by molar-refractivity contribution is 5.95. The Morgan fingerprint density at radius 1 is 1.03 bits per heavy atom. The number of fused-ring (bicyclic) bond motifs is 1. The van der Waals surface area contributed by atoms with E-state index in [2.05, 4.69) is 24.1 Å². The Bertz CT molecular complexity index is 1270. The van der Waals surface area contributed by atoms with Crippen molar-refractivity contribution in [1.29, 1.82) is 0 Å². The number of carbonyl (C=O) groups is 1. The van der Waals surface area contributed by atoms with Gasteiger partial charge in [-0.2, -0.15) is 0 Å². The van der Waals surface area contributed by atoms with Gasteiger partial charge in [0.25, 0.3) is 5.56 Å². The van der Waals surface area contributed by atoms with Crippen LogP contribution in [0.4, 0.5) is 5.69 Å². The SMILES string of the molecule is CCn1cnc2c(-c3ccccc3)cn(CC(=O)Nc3ccc(C(C)C)cc3)c2c1=O. The number of nitrogens with one attached hydrogen (secondary N) is 1. The molecule has 31 heavy (non-hydrogen) atoms. The first kappa shape index (κ1) is 20.6. The lowest BCUT2D eigenvalue weighted by Crippen LogP contribution is -2.24. The van der Waals surface area contributed by atoms with Gasteiger partial charge < -0.3 is 9.88 Å². The standard InChI is InChI=1S/C25H26N4O2/c1-4-28-16-26-23-21(19-8-6-5-7-9-19)14-29(24(23)25(28)31)15-22(30)27-20-12-10-18(11-13-20)17(2)3/h5-14,16-17H,4,15H2,1-3H3,(H,27,30). The van der Waals surface area contributed by atoms with Crippen molar-refractivity contribution in [3.8, 4) is 11.1 Å². The highest BCUT2D eigenvalue weighted by Gasteiger charge is 2.17. The summed E-state index contributed by atoms with van der Waals surface area (Å²) in [6.45, 7) is 6.70. The van der Waals surface area contributed by atoms with Crippen LogP contribution in [0.25, 0.3) is 22.2 Å². The monoisotopic (exact) mass is 414 g/mol. The van der Waals surface area contributed by atoms with E-state index in [1.54, 1.807) is 15.5 Å². The Morgan fingerprint density at radius 2 is 1.74 bits per heavy atom. The van der Waals surface area contributed by atoms with Gasteiger partial charge in [0.2, 0.25) is 5.91 Å². The van der Waals surface area contributed by atoms with Crippen LogP contribution >= 0.6 is 0 Å². The number of amides is 1. The van der Waals surface area contributed by atoms with Gasteiger partial charge in [-0.05, 0) is 36.1 Å². The normalized spacial score (nSPS) is 11.2. The highest BCUT2D eigenvalue weighted by Crippen LogP contribution is 2.27. The topological polar surface area (TPSA) is 68.9 Å². The summed E-state index contributed by atoms with van der Waals surface area (Å²) < 4.78 is 3.26. The molecule has 0 bridgehead atoms. The van der Waals surface area contributed by atoms with E-state index in [1.807, 2.05) is 67.7 Å². The largest absolute Gasteiger partial charge is 0.332 e. The number of hydrogen-bond acceptors (Lipinski definition) is 3. The van der Waals surface area contributed by atoms with Crippen molar-refractivity contribution in [3.63, 3.8) is 0 Å². The first-order valence-electron chi connectivity index (χ1n) is 10.5. The Labute approximate surface area is 181 Å². The molecule has 2 aromatic carbocycles. The van der Waals surface area contributed by atoms with Crippen molar-refractivity contribution in [2.75, 3.05) is 5.32 Å². The maximum absolute atomic E-state index is 13.0. The average Bonchev–Trinajstić information content (AvgIpc) is 3.14. The fraction of sp³-hybridized carbons (Fsp3) is 0.240. The van der Waals surface area contributed by atoms with E-state index in [0.29, 0.717) is 23.5 Å². The number of rotatable bonds is 6. The van der Waals surface area contributed by atoms with Crippen molar-refractivity contribution in [3.05, 3.63) is 83.0 Å². The second-order valence-electron chi connectivity index (χ2n) is 7.89. The lowest BCUT2D eigenvalue weighted by Gasteiger charge is -2.10. The molecule has 4 rings (SSSR count). The number of benzene rings is 2. The Morgan fingerprint density at radius 3 is 2.39 bits per heavy atom. The minimum Gasteiger partial charge on any atom is -0.332 e. The Hall–Kier alpha value is -3.67. The summed E-state index contributed by atoms with van der Waals surface area (Å²) in [4.78, 5) is 30.4. The molecule has 4 aromatic rings. The van der Waals surface area contributed by atoms with Crippen molar-refractivity contribution < 1.29 is 4.79 Å². The number of aromatic nitrogens is 3. The summed E-state index contributed by atoms with van der Waals surface area (Å²) in [5.41, 5.74) is 4.64. The molecule has 2 heterocycles. The minimum absolute atomic E-state index is 0.0277. The van der Waals surface area contributed by atoms with E-state index in [0.717, 1.165) is 16.8 Å². The molecule has 0 fully saturated rings. The zero-order chi connectivity index (χ0) is 22.0. The summed E-state index contributed by atoms with van der Waals surface area (Å²) in [5.74, 6) is 0.237. The van der Waals surface area contributed by atoms with Crippen molar-refractivity contribution in [1.82, 2.24) is 14.1 Å². The molecule has 0 radical (unpaired) electrons. The van der Waals surface area contributed by atoms with Crippen molar-refractivity contribution in [2.24, 2.45) is 0 Å². The van der Waals surface area contributed by atoms with Gasteiger partial charge in [-0.3, -0.25) is 14.2 Å². The lowest BCUT2D eigenvalue weighted by molar-refractivity contribution is -0.116. The second kappa shape index (κ2) is 8.60. The summed E-state index contributed by atoms with van der Waals surface area (Å²) >= 11 is 0. The van der Waals surface area contributed by atoms with Gasteiger partial charge in [0.05, 0.1) is 6.33 Å². The summed E-state index contributed by atoms with van der Waals surface area (Å²) in [6.07, 6.45) is 3.41. The maximum atomic E-state index is 13.0. The highest BCUT2D eigenvalue weighted by atomic mass is 16.2. The molecule has 0 saturated heterocycles. The van der Waals surface area contributed by atoms with Gasteiger partial charge in [-0.25, -0.2) is 4.98 Å². The summed E-state index contributed by atoms with van der Waals surface area (Å²) in [7, 11) is 0. The number of aryl methyl sites for hydroxylation is 1. The maximum Gasteiger partial charge on any atom is 0.277 e. The molecule has 0 aliphatic carbocycles. The fourth-order valence-corrected chi connectivity index (χ4v) is 3.70. The average molecular weight is 415 g/mol. The van der Waals surface area contributed by atoms with Gasteiger partial charge in [0.1, 0.15) is 17.6 Å². The van der Waals surface area contributed by atoms with Crippen LogP contribution in [0.2, 0.25) is 0 Å². The van der Waals surface area contributed by atoms with E-state index in [9.17, 15) is 9.59 Å². The van der Waals surface area contributed by atoms with E-state index in [-0.39, 0.29) is 18.0 Å². The number of carbonyl (C=O) groups excluding carboxylic acids is 1. The molecule has 1 N–H and O–H groups in total. The third-order valence-corrected chi connectivity index (χ3v) is 5.44. The third kappa shape index (κ3) is 4.14. The fourth-order valence-electron chi connectivity index (χ4n) is 3.70. The summed E-state index contributed by atoms with van der Waals surface area (Å²) in [6, 6.07) is 17.6. The second-order valence-corrected chi connectivity index (χ2v) is 7.89. The quantitative estimate of drug-likeness (QED) is 0.499. The number of nitrogens with zero attached hydrogens (tertiary/aromatic N) is 3. The van der Waals surface area contributed by atoms with Crippen LogP contribution in [0.1, 0.15) is 32.3 Å². The van der Waals surface area contributed by atoms with Gasteiger partial charge >= 0.3 is 0 Å². The Kier molecular flexibility index (Phi) is 5.71. The first-order chi connectivity index (χ1) is 15.0. The van der Waals surface area contributed by atoms with Crippen molar-refractivity contribution >= 4 is 22.6 Å². The number of hydrogen-bond donors (Lipinski definition) is 1. The van der Waals surface area contributed by atoms with Crippen LogP contribution in [0.5, 0.6) is 0 Å². The predicted octanol–water partition coefficient (Wildman–Crippen LogP) is 4.65. The van der Waals surface area contributed by atoms with Gasteiger partial charge in [0, 0.05) is 24.0 Å². The molecule has 0 aliphatic heterocycles. The van der Waals surface area contributed by atoms with Gasteiger partial charge in [-0.15, -0.1) is 0 Å².